The number of para-hydroxylation sites is 2. The van der Waals surface area contributed by atoms with E-state index < -0.39 is 11.8 Å². The maximum Gasteiger partial charge on any atom is 0.270 e. The molecule has 0 aliphatic carbocycles. The summed E-state index contributed by atoms with van der Waals surface area (Å²) in [4.78, 5) is 29.6. The highest BCUT2D eigenvalue weighted by Crippen LogP contribution is 2.29. The first-order valence-corrected chi connectivity index (χ1v) is 10.3. The van der Waals surface area contributed by atoms with Crippen molar-refractivity contribution in [3.05, 3.63) is 96.1 Å². The molecule has 0 bridgehead atoms. The van der Waals surface area contributed by atoms with Crippen LogP contribution in [0, 0.1) is 0 Å². The molecule has 1 aliphatic rings. The molecule has 0 aromatic heterocycles. The Kier molecular flexibility index (Phi) is 5.91. The van der Waals surface area contributed by atoms with Crippen LogP contribution in [0.3, 0.4) is 0 Å². The standard InChI is InChI=1S/C25H20N2O3S/c1-2-30-21-15-13-18(14-16-21)17-22-23(28)26(19-9-5-3-6-10-19)25(31)27(24(22)29)20-11-7-4-8-12-20/h3-17H,2H2,1H3. The Morgan fingerprint density at radius 2 is 1.26 bits per heavy atom. The summed E-state index contributed by atoms with van der Waals surface area (Å²) in [5.41, 5.74) is 1.95. The number of carbonyl (C=O) groups excluding carboxylic acids is 2. The predicted octanol–water partition coefficient (Wildman–Crippen LogP) is 4.83. The predicted molar refractivity (Wildman–Crippen MR) is 126 cm³/mol. The van der Waals surface area contributed by atoms with Crippen LogP contribution in [0.2, 0.25) is 0 Å². The van der Waals surface area contributed by atoms with Crippen molar-refractivity contribution in [3.8, 4) is 5.75 Å². The topological polar surface area (TPSA) is 49.9 Å². The molecule has 0 radical (unpaired) electrons. The molecule has 0 unspecified atom stereocenters. The molecule has 0 saturated carbocycles. The van der Waals surface area contributed by atoms with Crippen molar-refractivity contribution in [2.75, 3.05) is 16.4 Å². The van der Waals surface area contributed by atoms with Gasteiger partial charge < -0.3 is 4.74 Å². The molecule has 4 rings (SSSR count). The molecule has 0 N–H and O–H groups in total. The molecule has 1 saturated heterocycles. The zero-order chi connectivity index (χ0) is 21.8. The van der Waals surface area contributed by atoms with Gasteiger partial charge in [-0.1, -0.05) is 48.5 Å². The van der Waals surface area contributed by atoms with E-state index in [1.807, 2.05) is 67.6 Å². The second-order valence-corrected chi connectivity index (χ2v) is 7.16. The van der Waals surface area contributed by atoms with Gasteiger partial charge in [-0.05, 0) is 67.2 Å². The molecule has 1 aliphatic heterocycles. The van der Waals surface area contributed by atoms with Gasteiger partial charge in [-0.2, -0.15) is 0 Å². The quantitative estimate of drug-likeness (QED) is 0.332. The minimum atomic E-state index is -0.456. The Hall–Kier alpha value is -3.77. The number of thiocarbonyl (C=S) groups is 1. The molecule has 31 heavy (non-hydrogen) atoms. The Morgan fingerprint density at radius 3 is 1.71 bits per heavy atom. The van der Waals surface area contributed by atoms with E-state index in [-0.39, 0.29) is 10.7 Å². The Morgan fingerprint density at radius 1 is 0.774 bits per heavy atom. The van der Waals surface area contributed by atoms with Gasteiger partial charge in [0.05, 0.1) is 18.0 Å². The van der Waals surface area contributed by atoms with E-state index in [1.54, 1.807) is 30.3 Å². The number of hydrogen-bond donors (Lipinski definition) is 0. The largest absolute Gasteiger partial charge is 0.494 e. The molecule has 2 amide bonds. The van der Waals surface area contributed by atoms with Crippen LogP contribution in [0.25, 0.3) is 6.08 Å². The molecule has 5 nitrogen and oxygen atoms in total. The second kappa shape index (κ2) is 8.93. The van der Waals surface area contributed by atoms with Crippen molar-refractivity contribution in [2.24, 2.45) is 0 Å². The van der Waals surface area contributed by atoms with Gasteiger partial charge in [0.15, 0.2) is 5.11 Å². The van der Waals surface area contributed by atoms with Gasteiger partial charge in [0.2, 0.25) is 0 Å². The monoisotopic (exact) mass is 428 g/mol. The Bertz CT molecular complexity index is 1080. The fourth-order valence-electron chi connectivity index (χ4n) is 3.33. The third-order valence-corrected chi connectivity index (χ3v) is 5.15. The number of anilines is 2. The lowest BCUT2D eigenvalue weighted by atomic mass is 10.0. The maximum absolute atomic E-state index is 13.4. The number of ether oxygens (including phenoxy) is 1. The molecule has 1 heterocycles. The van der Waals surface area contributed by atoms with E-state index in [9.17, 15) is 9.59 Å². The van der Waals surface area contributed by atoms with E-state index in [4.69, 9.17) is 17.0 Å². The van der Waals surface area contributed by atoms with Crippen LogP contribution < -0.4 is 14.5 Å². The summed E-state index contributed by atoms with van der Waals surface area (Å²) >= 11 is 5.60. The van der Waals surface area contributed by atoms with Gasteiger partial charge in [0.1, 0.15) is 11.3 Å². The number of amides is 2. The lowest BCUT2D eigenvalue weighted by Crippen LogP contribution is -2.56. The highest BCUT2D eigenvalue weighted by molar-refractivity contribution is 7.81. The van der Waals surface area contributed by atoms with Gasteiger partial charge >= 0.3 is 0 Å². The summed E-state index contributed by atoms with van der Waals surface area (Å²) in [6.45, 7) is 2.47. The van der Waals surface area contributed by atoms with Gasteiger partial charge in [0, 0.05) is 0 Å². The molecule has 1 fully saturated rings. The fourth-order valence-corrected chi connectivity index (χ4v) is 3.71. The first-order valence-electron chi connectivity index (χ1n) is 9.87. The van der Waals surface area contributed by atoms with Crippen LogP contribution in [0.5, 0.6) is 5.75 Å². The Balaban J connectivity index is 1.80. The summed E-state index contributed by atoms with van der Waals surface area (Å²) in [5.74, 6) is -0.187. The van der Waals surface area contributed by atoms with E-state index >= 15 is 0 Å². The van der Waals surface area contributed by atoms with Gasteiger partial charge in [-0.15, -0.1) is 0 Å². The summed E-state index contributed by atoms with van der Waals surface area (Å²) in [6, 6.07) is 25.4. The molecule has 0 atom stereocenters. The van der Waals surface area contributed by atoms with Gasteiger partial charge in [-0.25, -0.2) is 0 Å². The number of hydrogen-bond acceptors (Lipinski definition) is 4. The zero-order valence-corrected chi connectivity index (χ0v) is 17.7. The zero-order valence-electron chi connectivity index (χ0n) is 16.9. The van der Waals surface area contributed by atoms with Crippen LogP contribution in [0.1, 0.15) is 12.5 Å². The molecular weight excluding hydrogens is 408 g/mol. The molecular formula is C25H20N2O3S. The fraction of sp³-hybridized carbons (Fsp3) is 0.0800. The summed E-state index contributed by atoms with van der Waals surface area (Å²) in [6.07, 6.45) is 1.59. The lowest BCUT2D eigenvalue weighted by molar-refractivity contribution is -0.120. The first kappa shape index (κ1) is 20.5. The molecule has 3 aromatic carbocycles. The smallest absolute Gasteiger partial charge is 0.270 e. The molecule has 0 spiro atoms. The van der Waals surface area contributed by atoms with Crippen LogP contribution in [-0.4, -0.2) is 23.5 Å². The first-order chi connectivity index (χ1) is 15.1. The lowest BCUT2D eigenvalue weighted by Gasteiger charge is -2.36. The van der Waals surface area contributed by atoms with E-state index in [1.165, 1.54) is 9.80 Å². The molecule has 6 heteroatoms. The van der Waals surface area contributed by atoms with Gasteiger partial charge in [-0.3, -0.25) is 19.4 Å². The molecule has 3 aromatic rings. The van der Waals surface area contributed by atoms with Gasteiger partial charge in [0.25, 0.3) is 11.8 Å². The van der Waals surface area contributed by atoms with Crippen molar-refractivity contribution in [1.29, 1.82) is 0 Å². The number of rotatable bonds is 5. The average Bonchev–Trinajstić information content (AvgIpc) is 2.79. The van der Waals surface area contributed by atoms with Crippen molar-refractivity contribution in [3.63, 3.8) is 0 Å². The van der Waals surface area contributed by atoms with Crippen LogP contribution >= 0.6 is 12.2 Å². The van der Waals surface area contributed by atoms with Crippen molar-refractivity contribution in [2.45, 2.75) is 6.92 Å². The van der Waals surface area contributed by atoms with Crippen molar-refractivity contribution in [1.82, 2.24) is 0 Å². The highest BCUT2D eigenvalue weighted by Gasteiger charge is 2.41. The third kappa shape index (κ3) is 4.11. The van der Waals surface area contributed by atoms with Crippen LogP contribution in [0.15, 0.2) is 90.5 Å². The normalized spacial score (nSPS) is 14.1. The second-order valence-electron chi connectivity index (χ2n) is 6.79. The minimum absolute atomic E-state index is 0.0328. The number of benzene rings is 3. The van der Waals surface area contributed by atoms with Crippen molar-refractivity contribution >= 4 is 46.6 Å². The van der Waals surface area contributed by atoms with E-state index in [2.05, 4.69) is 0 Å². The number of carbonyl (C=O) groups is 2. The third-order valence-electron chi connectivity index (χ3n) is 4.78. The van der Waals surface area contributed by atoms with E-state index in [0.29, 0.717) is 23.5 Å². The van der Waals surface area contributed by atoms with Crippen LogP contribution in [-0.2, 0) is 9.59 Å². The van der Waals surface area contributed by atoms with E-state index in [0.717, 1.165) is 5.75 Å². The minimum Gasteiger partial charge on any atom is -0.494 e. The maximum atomic E-state index is 13.4. The average molecular weight is 429 g/mol. The summed E-state index contributed by atoms with van der Waals surface area (Å²) < 4.78 is 5.47. The summed E-state index contributed by atoms with van der Waals surface area (Å²) in [7, 11) is 0. The summed E-state index contributed by atoms with van der Waals surface area (Å²) in [5, 5.41) is 0.122. The highest BCUT2D eigenvalue weighted by atomic mass is 32.1. The van der Waals surface area contributed by atoms with Crippen molar-refractivity contribution < 1.29 is 14.3 Å². The SMILES string of the molecule is CCOc1ccc(C=C2C(=O)N(c3ccccc3)C(=S)N(c3ccccc3)C2=O)cc1. The number of nitrogens with zero attached hydrogens (tertiary/aromatic N) is 2. The Labute approximate surface area is 186 Å². The molecule has 154 valence electrons. The van der Waals surface area contributed by atoms with Crippen LogP contribution in [0.4, 0.5) is 11.4 Å².